The van der Waals surface area contributed by atoms with Crippen LogP contribution in [0.15, 0.2) is 41.3 Å². The Morgan fingerprint density at radius 2 is 1.79 bits per heavy atom. The van der Waals surface area contributed by atoms with E-state index in [1.54, 1.807) is 12.1 Å². The number of urea groups is 1. The van der Waals surface area contributed by atoms with Crippen molar-refractivity contribution in [1.29, 1.82) is 0 Å². The van der Waals surface area contributed by atoms with Gasteiger partial charge in [0.25, 0.3) is 15.9 Å². The lowest BCUT2D eigenvalue weighted by Gasteiger charge is -2.22. The molecule has 3 rings (SSSR count). The van der Waals surface area contributed by atoms with Crippen LogP contribution in [0.25, 0.3) is 0 Å². The minimum Gasteiger partial charge on any atom is -0.494 e. The Balaban J connectivity index is 1.53. The van der Waals surface area contributed by atoms with Crippen LogP contribution in [0.2, 0.25) is 5.02 Å². The maximum Gasteiger partial charge on any atom is 0.328 e. The molecule has 0 aromatic heterocycles. The number of hydrogen-bond donors (Lipinski definition) is 4. The van der Waals surface area contributed by atoms with E-state index in [1.165, 1.54) is 31.4 Å². The zero-order chi connectivity index (χ0) is 24.7. The lowest BCUT2D eigenvalue weighted by Crippen LogP contribution is -2.45. The molecule has 0 atom stereocenters. The van der Waals surface area contributed by atoms with Gasteiger partial charge in [0, 0.05) is 17.6 Å². The Morgan fingerprint density at radius 1 is 1.12 bits per heavy atom. The van der Waals surface area contributed by atoms with Crippen molar-refractivity contribution in [2.75, 3.05) is 19.4 Å². The van der Waals surface area contributed by atoms with E-state index < -0.39 is 22.0 Å². The standard InChI is InChI=1S/C23H29ClN4O5S/c1-33-21-19(13-16(24)14-20(21)25)22(29)26-12-11-15-7-9-18(10-8-15)34(31,32)28-23(30)27-17-5-3-2-4-6-17/h7-10,13-14,17H,2-6,11-12,25H2,1H3,(H,26,29)(H2,27,28,30). The van der Waals surface area contributed by atoms with E-state index in [9.17, 15) is 18.0 Å². The number of rotatable bonds is 8. The highest BCUT2D eigenvalue weighted by Crippen LogP contribution is 2.30. The van der Waals surface area contributed by atoms with Gasteiger partial charge in [0.05, 0.1) is 23.3 Å². The van der Waals surface area contributed by atoms with Crippen molar-refractivity contribution in [2.24, 2.45) is 0 Å². The summed E-state index contributed by atoms with van der Waals surface area (Å²) >= 11 is 5.99. The molecule has 1 aliphatic rings. The molecule has 0 spiro atoms. The Morgan fingerprint density at radius 3 is 2.44 bits per heavy atom. The number of nitrogens with one attached hydrogen (secondary N) is 3. The van der Waals surface area contributed by atoms with Gasteiger partial charge in [-0.05, 0) is 49.1 Å². The maximum atomic E-state index is 12.5. The van der Waals surface area contributed by atoms with Crippen LogP contribution in [0.5, 0.6) is 5.75 Å². The molecule has 184 valence electrons. The fourth-order valence-corrected chi connectivity index (χ4v) is 5.05. The van der Waals surface area contributed by atoms with Crippen LogP contribution in [0.3, 0.4) is 0 Å². The predicted octanol–water partition coefficient (Wildman–Crippen LogP) is 3.22. The number of anilines is 1. The van der Waals surface area contributed by atoms with Gasteiger partial charge in [-0.25, -0.2) is 17.9 Å². The third-order valence-electron chi connectivity index (χ3n) is 5.63. The second-order valence-corrected chi connectivity index (χ2v) is 10.3. The van der Waals surface area contributed by atoms with Crippen LogP contribution in [0.1, 0.15) is 48.0 Å². The molecule has 0 unspecified atom stereocenters. The summed E-state index contributed by atoms with van der Waals surface area (Å²) < 4.78 is 32.3. The first-order valence-corrected chi connectivity index (χ1v) is 12.9. The molecule has 3 amide bonds. The van der Waals surface area contributed by atoms with E-state index in [-0.39, 0.29) is 27.9 Å². The molecule has 2 aromatic carbocycles. The van der Waals surface area contributed by atoms with Crippen molar-refractivity contribution in [2.45, 2.75) is 49.5 Å². The number of benzene rings is 2. The fraction of sp³-hybridized carbons (Fsp3) is 0.391. The highest BCUT2D eigenvalue weighted by Gasteiger charge is 2.21. The third kappa shape index (κ3) is 6.77. The van der Waals surface area contributed by atoms with Gasteiger partial charge >= 0.3 is 6.03 Å². The van der Waals surface area contributed by atoms with E-state index in [1.807, 2.05) is 0 Å². The molecule has 0 aliphatic heterocycles. The number of nitrogen functional groups attached to an aromatic ring is 1. The Hall–Kier alpha value is -2.98. The van der Waals surface area contributed by atoms with Gasteiger partial charge in [0.15, 0.2) is 5.75 Å². The summed E-state index contributed by atoms with van der Waals surface area (Å²) in [5.74, 6) is -0.144. The van der Waals surface area contributed by atoms with E-state index in [0.29, 0.717) is 18.0 Å². The minimum absolute atomic E-state index is 0.00450. The van der Waals surface area contributed by atoms with Crippen LogP contribution in [0, 0.1) is 0 Å². The van der Waals surface area contributed by atoms with Crippen LogP contribution < -0.4 is 25.8 Å². The molecule has 11 heteroatoms. The predicted molar refractivity (Wildman–Crippen MR) is 131 cm³/mol. The van der Waals surface area contributed by atoms with Crippen molar-refractivity contribution in [3.05, 3.63) is 52.5 Å². The molecule has 5 N–H and O–H groups in total. The van der Waals surface area contributed by atoms with Crippen molar-refractivity contribution in [1.82, 2.24) is 15.4 Å². The van der Waals surface area contributed by atoms with Crippen molar-refractivity contribution >= 4 is 39.2 Å². The first kappa shape index (κ1) is 25.6. The number of methoxy groups -OCH3 is 1. The number of carbonyl (C=O) groups excluding carboxylic acids is 2. The minimum atomic E-state index is -3.98. The van der Waals surface area contributed by atoms with Crippen LogP contribution in [-0.2, 0) is 16.4 Å². The summed E-state index contributed by atoms with van der Waals surface area (Å²) in [7, 11) is -2.57. The molecule has 0 bridgehead atoms. The SMILES string of the molecule is COc1c(N)cc(Cl)cc1C(=O)NCCc1ccc(S(=O)(=O)NC(=O)NC2CCCCC2)cc1. The summed E-state index contributed by atoms with van der Waals surface area (Å²) in [6, 6.07) is 8.39. The lowest BCUT2D eigenvalue weighted by molar-refractivity contribution is 0.0951. The van der Waals surface area contributed by atoms with Crippen LogP contribution in [0.4, 0.5) is 10.5 Å². The quantitative estimate of drug-likeness (QED) is 0.404. The molecule has 1 saturated carbocycles. The molecule has 1 aliphatic carbocycles. The Bertz CT molecular complexity index is 1130. The number of sulfonamides is 1. The van der Waals surface area contributed by atoms with Crippen LogP contribution in [-0.4, -0.2) is 40.1 Å². The molecule has 0 heterocycles. The number of ether oxygens (including phenoxy) is 1. The third-order valence-corrected chi connectivity index (χ3v) is 7.20. The van der Waals surface area contributed by atoms with Gasteiger partial charge in [-0.2, -0.15) is 0 Å². The van der Waals surface area contributed by atoms with Crippen molar-refractivity contribution in [3.8, 4) is 5.75 Å². The molecule has 0 radical (unpaired) electrons. The van der Waals surface area contributed by atoms with E-state index in [2.05, 4.69) is 15.4 Å². The normalized spacial score (nSPS) is 14.3. The molecule has 0 saturated heterocycles. The highest BCUT2D eigenvalue weighted by molar-refractivity contribution is 7.90. The Kier molecular flexibility index (Phi) is 8.62. The van der Waals surface area contributed by atoms with Crippen molar-refractivity contribution < 1.29 is 22.7 Å². The smallest absolute Gasteiger partial charge is 0.328 e. The van der Waals surface area contributed by atoms with Gasteiger partial charge < -0.3 is 21.1 Å². The Labute approximate surface area is 204 Å². The number of nitrogens with two attached hydrogens (primary N) is 1. The average Bonchev–Trinajstić information content (AvgIpc) is 2.79. The second-order valence-electron chi connectivity index (χ2n) is 8.14. The molecule has 9 nitrogen and oxygen atoms in total. The van der Waals surface area contributed by atoms with E-state index >= 15 is 0 Å². The first-order valence-electron chi connectivity index (χ1n) is 11.0. The van der Waals surface area contributed by atoms with E-state index in [4.69, 9.17) is 22.1 Å². The number of amides is 3. The number of halogens is 1. The van der Waals surface area contributed by atoms with Gasteiger partial charge in [-0.15, -0.1) is 0 Å². The maximum absolute atomic E-state index is 12.5. The molecule has 34 heavy (non-hydrogen) atoms. The molecular weight excluding hydrogens is 480 g/mol. The summed E-state index contributed by atoms with van der Waals surface area (Å²) in [4.78, 5) is 24.6. The summed E-state index contributed by atoms with van der Waals surface area (Å²) in [6.07, 6.45) is 5.37. The average molecular weight is 509 g/mol. The zero-order valence-electron chi connectivity index (χ0n) is 18.9. The highest BCUT2D eigenvalue weighted by atomic mass is 35.5. The van der Waals surface area contributed by atoms with Gasteiger partial charge in [-0.3, -0.25) is 4.79 Å². The topological polar surface area (TPSA) is 140 Å². The summed E-state index contributed by atoms with van der Waals surface area (Å²) in [5.41, 5.74) is 7.15. The lowest BCUT2D eigenvalue weighted by atomic mass is 9.96. The largest absolute Gasteiger partial charge is 0.494 e. The summed E-state index contributed by atoms with van der Waals surface area (Å²) in [6.45, 7) is 0.294. The number of hydrogen-bond acceptors (Lipinski definition) is 6. The second kappa shape index (κ2) is 11.4. The van der Waals surface area contributed by atoms with Gasteiger partial charge in [-0.1, -0.05) is 43.0 Å². The fourth-order valence-electron chi connectivity index (χ4n) is 3.90. The van der Waals surface area contributed by atoms with E-state index in [0.717, 1.165) is 37.7 Å². The zero-order valence-corrected chi connectivity index (χ0v) is 20.5. The summed E-state index contributed by atoms with van der Waals surface area (Å²) in [5, 5.41) is 5.82. The van der Waals surface area contributed by atoms with Crippen LogP contribution >= 0.6 is 11.6 Å². The van der Waals surface area contributed by atoms with Crippen molar-refractivity contribution in [3.63, 3.8) is 0 Å². The van der Waals surface area contributed by atoms with Gasteiger partial charge in [0.2, 0.25) is 0 Å². The first-order chi connectivity index (χ1) is 16.2. The molecular formula is C23H29ClN4O5S. The number of carbonyl (C=O) groups is 2. The van der Waals surface area contributed by atoms with Gasteiger partial charge in [0.1, 0.15) is 0 Å². The molecule has 1 fully saturated rings. The molecule has 2 aromatic rings. The monoisotopic (exact) mass is 508 g/mol.